The third-order valence-corrected chi connectivity index (χ3v) is 5.30. The summed E-state index contributed by atoms with van der Waals surface area (Å²) < 4.78 is 1.90. The molecule has 0 aromatic carbocycles. The highest BCUT2D eigenvalue weighted by molar-refractivity contribution is 5.99. The quantitative estimate of drug-likeness (QED) is 0.823. The fourth-order valence-corrected chi connectivity index (χ4v) is 3.89. The molecule has 0 bridgehead atoms. The van der Waals surface area contributed by atoms with Crippen LogP contribution >= 0.6 is 0 Å². The van der Waals surface area contributed by atoms with E-state index in [2.05, 4.69) is 53.0 Å². The maximum Gasteiger partial charge on any atom is 0.228 e. The van der Waals surface area contributed by atoms with Crippen LogP contribution in [0.2, 0.25) is 0 Å². The van der Waals surface area contributed by atoms with Crippen LogP contribution in [0.5, 0.6) is 0 Å². The first kappa shape index (κ1) is 18.8. The summed E-state index contributed by atoms with van der Waals surface area (Å²) in [6.45, 7) is 10.5. The van der Waals surface area contributed by atoms with Crippen molar-refractivity contribution in [3.05, 3.63) is 12.5 Å². The lowest BCUT2D eigenvalue weighted by Gasteiger charge is -2.30. The number of fused-ring (bicyclic) bond motifs is 1. The zero-order chi connectivity index (χ0) is 18.7. The smallest absolute Gasteiger partial charge is 0.228 e. The second kappa shape index (κ2) is 8.12. The van der Waals surface area contributed by atoms with Gasteiger partial charge in [-0.05, 0) is 40.5 Å². The Morgan fingerprint density at radius 3 is 2.58 bits per heavy atom. The Morgan fingerprint density at radius 1 is 1.23 bits per heavy atom. The van der Waals surface area contributed by atoms with E-state index < -0.39 is 0 Å². The number of anilines is 1. The van der Waals surface area contributed by atoms with E-state index in [9.17, 15) is 4.79 Å². The topological polar surface area (TPSA) is 75.9 Å². The first-order valence-corrected chi connectivity index (χ1v) is 9.70. The zero-order valence-electron chi connectivity index (χ0n) is 16.3. The molecule has 1 saturated carbocycles. The molecular formula is C19H30N6O. The van der Waals surface area contributed by atoms with Crippen LogP contribution in [-0.4, -0.2) is 49.2 Å². The first-order valence-electron chi connectivity index (χ1n) is 9.70. The molecule has 0 radical (unpaired) electrons. The van der Waals surface area contributed by atoms with Crippen LogP contribution in [0.3, 0.4) is 0 Å². The lowest BCUT2D eigenvalue weighted by molar-refractivity contribution is -0.119. The molecule has 7 heteroatoms. The Hall–Kier alpha value is -2.02. The van der Waals surface area contributed by atoms with Gasteiger partial charge in [-0.3, -0.25) is 9.69 Å². The Morgan fingerprint density at radius 2 is 1.92 bits per heavy atom. The summed E-state index contributed by atoms with van der Waals surface area (Å²) in [7, 11) is 0. The van der Waals surface area contributed by atoms with Crippen LogP contribution in [0.15, 0.2) is 12.5 Å². The van der Waals surface area contributed by atoms with Crippen molar-refractivity contribution >= 4 is 22.8 Å². The van der Waals surface area contributed by atoms with E-state index in [1.807, 2.05) is 4.68 Å². The van der Waals surface area contributed by atoms with Gasteiger partial charge in [-0.2, -0.15) is 5.10 Å². The third kappa shape index (κ3) is 4.03. The highest BCUT2D eigenvalue weighted by Crippen LogP contribution is 2.27. The summed E-state index contributed by atoms with van der Waals surface area (Å²) >= 11 is 0. The summed E-state index contributed by atoms with van der Waals surface area (Å²) in [4.78, 5) is 23.5. The molecule has 2 aromatic heterocycles. The van der Waals surface area contributed by atoms with Crippen molar-refractivity contribution in [2.75, 3.05) is 11.9 Å². The highest BCUT2D eigenvalue weighted by Gasteiger charge is 2.24. The van der Waals surface area contributed by atoms with Crippen molar-refractivity contribution in [1.82, 2.24) is 24.6 Å². The minimum atomic E-state index is 0.0704. The number of nitrogens with zero attached hydrogens (tertiary/aromatic N) is 5. The predicted octanol–water partition coefficient (Wildman–Crippen LogP) is 3.07. The van der Waals surface area contributed by atoms with E-state index in [1.165, 1.54) is 6.33 Å². The number of hydrogen-bond donors (Lipinski definition) is 1. The summed E-state index contributed by atoms with van der Waals surface area (Å²) in [5, 5.41) is 8.28. The number of amides is 1. The monoisotopic (exact) mass is 358 g/mol. The van der Waals surface area contributed by atoms with Crippen LogP contribution in [-0.2, 0) is 11.3 Å². The maximum atomic E-state index is 12.4. The summed E-state index contributed by atoms with van der Waals surface area (Å²) in [6, 6.07) is 0.959. The minimum absolute atomic E-state index is 0.0704. The van der Waals surface area contributed by atoms with Gasteiger partial charge in [-0.25, -0.2) is 14.6 Å². The van der Waals surface area contributed by atoms with E-state index >= 15 is 0 Å². The average Bonchev–Trinajstić information content (AvgIpc) is 3.25. The van der Waals surface area contributed by atoms with Gasteiger partial charge in [0.25, 0.3) is 0 Å². The third-order valence-electron chi connectivity index (χ3n) is 5.30. The second-order valence-electron chi connectivity index (χ2n) is 7.72. The van der Waals surface area contributed by atoms with Gasteiger partial charge in [-0.15, -0.1) is 0 Å². The van der Waals surface area contributed by atoms with Crippen molar-refractivity contribution in [3.8, 4) is 0 Å². The van der Waals surface area contributed by atoms with Gasteiger partial charge < -0.3 is 5.32 Å². The zero-order valence-corrected chi connectivity index (χ0v) is 16.3. The summed E-state index contributed by atoms with van der Waals surface area (Å²) in [6.07, 6.45) is 7.48. The Bertz CT molecular complexity index is 740. The number of carbonyl (C=O) groups is 1. The maximum absolute atomic E-state index is 12.4. The summed E-state index contributed by atoms with van der Waals surface area (Å²) in [5.74, 6) is 0.754. The molecule has 1 aliphatic carbocycles. The number of aromatic nitrogens is 4. The van der Waals surface area contributed by atoms with Crippen molar-refractivity contribution in [2.45, 2.75) is 72.0 Å². The normalized spacial score (nSPS) is 15.7. The summed E-state index contributed by atoms with van der Waals surface area (Å²) in [5.41, 5.74) is 0.772. The molecule has 0 spiro atoms. The molecule has 0 saturated heterocycles. The first-order chi connectivity index (χ1) is 12.5. The number of carbonyl (C=O) groups excluding carboxylic acids is 1. The minimum Gasteiger partial charge on any atom is -0.310 e. The number of hydrogen-bond acceptors (Lipinski definition) is 5. The van der Waals surface area contributed by atoms with E-state index in [0.29, 0.717) is 17.9 Å². The molecule has 7 nitrogen and oxygen atoms in total. The van der Waals surface area contributed by atoms with Gasteiger partial charge in [0.1, 0.15) is 12.1 Å². The number of rotatable bonds is 7. The van der Waals surface area contributed by atoms with Gasteiger partial charge in [-0.1, -0.05) is 12.8 Å². The van der Waals surface area contributed by atoms with Crippen LogP contribution < -0.4 is 5.32 Å². The van der Waals surface area contributed by atoms with Crippen molar-refractivity contribution in [3.63, 3.8) is 0 Å². The van der Waals surface area contributed by atoms with Crippen molar-refractivity contribution in [2.24, 2.45) is 5.92 Å². The molecule has 0 aliphatic heterocycles. The van der Waals surface area contributed by atoms with Crippen molar-refractivity contribution < 1.29 is 4.79 Å². The molecule has 0 unspecified atom stereocenters. The largest absolute Gasteiger partial charge is 0.310 e. The van der Waals surface area contributed by atoms with Crippen LogP contribution in [0, 0.1) is 5.92 Å². The van der Waals surface area contributed by atoms with E-state index in [4.69, 9.17) is 0 Å². The fourth-order valence-electron chi connectivity index (χ4n) is 3.89. The van der Waals surface area contributed by atoms with E-state index in [-0.39, 0.29) is 11.8 Å². The Labute approximate surface area is 155 Å². The highest BCUT2D eigenvalue weighted by atomic mass is 16.1. The standard InChI is InChI=1S/C19H30N6O/c1-13(2)24(14(3)4)9-10-25-18-16(11-22-25)17(20-12-21-18)23-19(26)15-7-5-6-8-15/h11-15H,5-10H2,1-4H3,(H,20,21,23,26). The van der Waals surface area contributed by atoms with Gasteiger partial charge in [0, 0.05) is 24.5 Å². The van der Waals surface area contributed by atoms with E-state index in [1.54, 1.807) is 6.20 Å². The van der Waals surface area contributed by atoms with Gasteiger partial charge in [0.15, 0.2) is 5.65 Å². The van der Waals surface area contributed by atoms with Crippen molar-refractivity contribution in [1.29, 1.82) is 0 Å². The fraction of sp³-hybridized carbons (Fsp3) is 0.684. The molecule has 2 heterocycles. The SMILES string of the molecule is CC(C)N(CCn1ncc2c(NC(=O)C3CCCC3)ncnc21)C(C)C. The molecule has 1 aliphatic rings. The Balaban J connectivity index is 1.74. The van der Waals surface area contributed by atoms with Crippen LogP contribution in [0.4, 0.5) is 5.82 Å². The van der Waals surface area contributed by atoms with Gasteiger partial charge >= 0.3 is 0 Å². The molecule has 1 fully saturated rings. The van der Waals surface area contributed by atoms with Gasteiger partial charge in [0.2, 0.25) is 5.91 Å². The second-order valence-corrected chi connectivity index (χ2v) is 7.72. The molecule has 26 heavy (non-hydrogen) atoms. The Kier molecular flexibility index (Phi) is 5.86. The number of nitrogens with one attached hydrogen (secondary N) is 1. The molecule has 3 rings (SSSR count). The average molecular weight is 358 g/mol. The molecule has 2 aromatic rings. The molecule has 1 N–H and O–H groups in total. The van der Waals surface area contributed by atoms with Gasteiger partial charge in [0.05, 0.1) is 18.1 Å². The van der Waals surface area contributed by atoms with E-state index in [0.717, 1.165) is 49.8 Å². The lowest BCUT2D eigenvalue weighted by Crippen LogP contribution is -2.39. The molecule has 142 valence electrons. The van der Waals surface area contributed by atoms with Crippen LogP contribution in [0.25, 0.3) is 11.0 Å². The lowest BCUT2D eigenvalue weighted by atomic mass is 10.1. The predicted molar refractivity (Wildman–Crippen MR) is 103 cm³/mol. The molecule has 1 amide bonds. The van der Waals surface area contributed by atoms with Crippen LogP contribution in [0.1, 0.15) is 53.4 Å². The molecular weight excluding hydrogens is 328 g/mol. The molecule has 0 atom stereocenters.